The molecule has 2 N–H and O–H groups in total. The number of carbonyl (C=O) groups excluding carboxylic acids is 2. The van der Waals surface area contributed by atoms with Gasteiger partial charge in [-0.25, -0.2) is 4.79 Å². The van der Waals surface area contributed by atoms with E-state index in [1.54, 1.807) is 38.1 Å². The molecule has 0 fully saturated rings. The first-order valence-corrected chi connectivity index (χ1v) is 7.89. The Balaban J connectivity index is 2.56. The molecule has 6 heteroatoms. The standard InChI is InChI=1S/C17H24N2O3S/c1-11(2)22-15(21)12-6-8-13(9-7-12)18-16(23)19-14(20)10-17(3,4)5/h6-9,11H,10H2,1-5H3,(H2,18,19,20,23). The van der Waals surface area contributed by atoms with E-state index in [2.05, 4.69) is 10.6 Å². The number of benzene rings is 1. The highest BCUT2D eigenvalue weighted by Crippen LogP contribution is 2.18. The molecule has 0 radical (unpaired) electrons. The quantitative estimate of drug-likeness (QED) is 0.651. The lowest BCUT2D eigenvalue weighted by molar-refractivity contribution is -0.121. The number of anilines is 1. The molecular formula is C17H24N2O3S. The summed E-state index contributed by atoms with van der Waals surface area (Å²) >= 11 is 5.11. The second-order valence-electron chi connectivity index (χ2n) is 6.77. The van der Waals surface area contributed by atoms with Gasteiger partial charge >= 0.3 is 5.97 Å². The zero-order valence-corrected chi connectivity index (χ0v) is 15.0. The number of amides is 1. The van der Waals surface area contributed by atoms with Crippen molar-refractivity contribution in [2.24, 2.45) is 5.41 Å². The number of carbonyl (C=O) groups is 2. The van der Waals surface area contributed by atoms with Crippen LogP contribution < -0.4 is 10.6 Å². The summed E-state index contributed by atoms with van der Waals surface area (Å²) in [4.78, 5) is 23.5. The van der Waals surface area contributed by atoms with E-state index < -0.39 is 0 Å². The van der Waals surface area contributed by atoms with Crippen LogP contribution in [0.25, 0.3) is 0 Å². The second-order valence-corrected chi connectivity index (χ2v) is 7.18. The fourth-order valence-electron chi connectivity index (χ4n) is 1.79. The monoisotopic (exact) mass is 336 g/mol. The summed E-state index contributed by atoms with van der Waals surface area (Å²) in [5, 5.41) is 5.78. The smallest absolute Gasteiger partial charge is 0.338 e. The molecular weight excluding hydrogens is 312 g/mol. The summed E-state index contributed by atoms with van der Waals surface area (Å²) in [6, 6.07) is 6.71. The Morgan fingerprint density at radius 2 is 1.74 bits per heavy atom. The minimum absolute atomic E-state index is 0.0991. The van der Waals surface area contributed by atoms with Crippen LogP contribution >= 0.6 is 12.2 Å². The molecule has 1 aromatic carbocycles. The predicted octanol–water partition coefficient (Wildman–Crippen LogP) is 3.50. The minimum Gasteiger partial charge on any atom is -0.459 e. The summed E-state index contributed by atoms with van der Waals surface area (Å²) in [5.74, 6) is -0.500. The van der Waals surface area contributed by atoms with E-state index in [1.165, 1.54) is 0 Å². The lowest BCUT2D eigenvalue weighted by atomic mass is 9.92. The summed E-state index contributed by atoms with van der Waals surface area (Å²) in [7, 11) is 0. The van der Waals surface area contributed by atoms with Crippen molar-refractivity contribution in [1.82, 2.24) is 5.32 Å². The number of nitrogens with one attached hydrogen (secondary N) is 2. The summed E-state index contributed by atoms with van der Waals surface area (Å²) in [6.45, 7) is 9.55. The third kappa shape index (κ3) is 7.74. The Bertz CT molecular complexity index is 574. The maximum Gasteiger partial charge on any atom is 0.338 e. The number of hydrogen-bond donors (Lipinski definition) is 2. The Morgan fingerprint density at radius 1 is 1.17 bits per heavy atom. The SMILES string of the molecule is CC(C)OC(=O)c1ccc(NC(=S)NC(=O)CC(C)(C)C)cc1. The number of esters is 1. The Morgan fingerprint density at radius 3 is 2.22 bits per heavy atom. The van der Waals surface area contributed by atoms with E-state index in [0.29, 0.717) is 17.7 Å². The average Bonchev–Trinajstić information content (AvgIpc) is 2.35. The van der Waals surface area contributed by atoms with Crippen molar-refractivity contribution in [1.29, 1.82) is 0 Å². The van der Waals surface area contributed by atoms with Crippen LogP contribution in [0.2, 0.25) is 0 Å². The van der Waals surface area contributed by atoms with E-state index in [4.69, 9.17) is 17.0 Å². The van der Waals surface area contributed by atoms with Gasteiger partial charge < -0.3 is 15.4 Å². The third-order valence-corrected chi connectivity index (χ3v) is 2.87. The van der Waals surface area contributed by atoms with Crippen molar-refractivity contribution in [3.05, 3.63) is 29.8 Å². The molecule has 0 aliphatic rings. The first-order valence-electron chi connectivity index (χ1n) is 7.49. The molecule has 0 saturated heterocycles. The third-order valence-electron chi connectivity index (χ3n) is 2.67. The molecule has 126 valence electrons. The Labute approximate surface area is 142 Å². The van der Waals surface area contributed by atoms with E-state index in [0.717, 1.165) is 0 Å². The van der Waals surface area contributed by atoms with Gasteiger partial charge in [-0.3, -0.25) is 4.79 Å². The zero-order chi connectivity index (χ0) is 17.6. The van der Waals surface area contributed by atoms with E-state index >= 15 is 0 Å². The predicted molar refractivity (Wildman–Crippen MR) is 95.4 cm³/mol. The van der Waals surface area contributed by atoms with E-state index in [9.17, 15) is 9.59 Å². The van der Waals surface area contributed by atoms with Crippen molar-refractivity contribution in [3.63, 3.8) is 0 Å². The average molecular weight is 336 g/mol. The highest BCUT2D eigenvalue weighted by atomic mass is 32.1. The van der Waals surface area contributed by atoms with Gasteiger partial charge in [0.15, 0.2) is 5.11 Å². The first-order chi connectivity index (χ1) is 10.6. The van der Waals surface area contributed by atoms with Crippen molar-refractivity contribution < 1.29 is 14.3 Å². The van der Waals surface area contributed by atoms with Gasteiger partial charge in [-0.1, -0.05) is 20.8 Å². The Hall–Kier alpha value is -1.95. The lowest BCUT2D eigenvalue weighted by Crippen LogP contribution is -2.36. The molecule has 0 aliphatic carbocycles. The normalized spacial score (nSPS) is 11.0. The zero-order valence-electron chi connectivity index (χ0n) is 14.2. The molecule has 1 rings (SSSR count). The molecule has 0 heterocycles. The maximum atomic E-state index is 11.8. The molecule has 0 atom stereocenters. The van der Waals surface area contributed by atoms with Crippen LogP contribution in [0.1, 0.15) is 51.4 Å². The van der Waals surface area contributed by atoms with Crippen molar-refractivity contribution in [2.45, 2.75) is 47.1 Å². The fourth-order valence-corrected chi connectivity index (χ4v) is 2.02. The number of thiocarbonyl (C=S) groups is 1. The van der Waals surface area contributed by atoms with Crippen LogP contribution in [0.3, 0.4) is 0 Å². The molecule has 0 unspecified atom stereocenters. The number of ether oxygens (including phenoxy) is 1. The lowest BCUT2D eigenvalue weighted by Gasteiger charge is -2.17. The number of rotatable bonds is 4. The molecule has 0 bridgehead atoms. The van der Waals surface area contributed by atoms with Gasteiger partial charge in [0.05, 0.1) is 11.7 Å². The van der Waals surface area contributed by atoms with Crippen LogP contribution in [0.15, 0.2) is 24.3 Å². The van der Waals surface area contributed by atoms with Gasteiger partial charge in [0.25, 0.3) is 0 Å². The molecule has 0 saturated carbocycles. The highest BCUT2D eigenvalue weighted by molar-refractivity contribution is 7.80. The summed E-state index contributed by atoms with van der Waals surface area (Å²) < 4.78 is 5.11. The van der Waals surface area contributed by atoms with Gasteiger partial charge in [-0.2, -0.15) is 0 Å². The topological polar surface area (TPSA) is 67.4 Å². The molecule has 5 nitrogen and oxygen atoms in total. The fraction of sp³-hybridized carbons (Fsp3) is 0.471. The van der Waals surface area contributed by atoms with Crippen LogP contribution in [0, 0.1) is 5.41 Å². The Kier molecular flexibility index (Phi) is 6.69. The van der Waals surface area contributed by atoms with Gasteiger partial charge in [0.1, 0.15) is 0 Å². The van der Waals surface area contributed by atoms with Crippen molar-refractivity contribution >= 4 is 34.9 Å². The van der Waals surface area contributed by atoms with Gasteiger partial charge in [-0.15, -0.1) is 0 Å². The maximum absolute atomic E-state index is 11.8. The molecule has 0 aliphatic heterocycles. The first kappa shape index (κ1) is 19.1. The van der Waals surface area contributed by atoms with Crippen LogP contribution in [0.4, 0.5) is 5.69 Å². The second kappa shape index (κ2) is 8.06. The van der Waals surface area contributed by atoms with Crippen LogP contribution in [-0.2, 0) is 9.53 Å². The van der Waals surface area contributed by atoms with Crippen molar-refractivity contribution in [2.75, 3.05) is 5.32 Å². The minimum atomic E-state index is -0.368. The summed E-state index contributed by atoms with van der Waals surface area (Å²) in [6.07, 6.45) is 0.223. The summed E-state index contributed by atoms with van der Waals surface area (Å²) in [5.41, 5.74) is 1.05. The van der Waals surface area contributed by atoms with Crippen LogP contribution in [0.5, 0.6) is 0 Å². The number of hydrogen-bond acceptors (Lipinski definition) is 4. The van der Waals surface area contributed by atoms with Crippen LogP contribution in [-0.4, -0.2) is 23.1 Å². The van der Waals surface area contributed by atoms with Gasteiger partial charge in [0, 0.05) is 12.1 Å². The molecule has 0 aromatic heterocycles. The van der Waals surface area contributed by atoms with E-state index in [-0.39, 0.29) is 28.5 Å². The largest absolute Gasteiger partial charge is 0.459 e. The van der Waals surface area contributed by atoms with E-state index in [1.807, 2.05) is 20.8 Å². The van der Waals surface area contributed by atoms with Gasteiger partial charge in [-0.05, 0) is 55.7 Å². The highest BCUT2D eigenvalue weighted by Gasteiger charge is 2.16. The van der Waals surface area contributed by atoms with Gasteiger partial charge in [0.2, 0.25) is 5.91 Å². The van der Waals surface area contributed by atoms with Crippen molar-refractivity contribution in [3.8, 4) is 0 Å². The molecule has 1 aromatic rings. The molecule has 0 spiro atoms. The molecule has 23 heavy (non-hydrogen) atoms. The molecule has 1 amide bonds.